The van der Waals surface area contributed by atoms with Crippen LogP contribution >= 0.6 is 11.8 Å². The fourth-order valence-electron chi connectivity index (χ4n) is 2.89. The van der Waals surface area contributed by atoms with E-state index in [1.54, 1.807) is 11.8 Å². The molecule has 2 aromatic rings. The van der Waals surface area contributed by atoms with Gasteiger partial charge in [-0.25, -0.2) is 0 Å². The number of thioether (sulfide) groups is 1. The molecule has 0 unspecified atom stereocenters. The van der Waals surface area contributed by atoms with E-state index in [0.29, 0.717) is 6.54 Å². The van der Waals surface area contributed by atoms with Crippen molar-refractivity contribution in [3.63, 3.8) is 0 Å². The summed E-state index contributed by atoms with van der Waals surface area (Å²) in [4.78, 5) is 19.7. The Morgan fingerprint density at radius 2 is 1.88 bits per heavy atom. The zero-order chi connectivity index (χ0) is 17.8. The van der Waals surface area contributed by atoms with Crippen LogP contribution in [-0.2, 0) is 0 Å². The maximum atomic E-state index is 13.0. The Morgan fingerprint density at radius 3 is 2.56 bits per heavy atom. The van der Waals surface area contributed by atoms with Crippen molar-refractivity contribution in [3.8, 4) is 0 Å². The van der Waals surface area contributed by atoms with Gasteiger partial charge in [0.2, 0.25) is 0 Å². The Bertz CT molecular complexity index is 796. The predicted molar refractivity (Wildman–Crippen MR) is 108 cm³/mol. The molecule has 1 aliphatic rings. The van der Waals surface area contributed by atoms with Crippen molar-refractivity contribution in [2.45, 2.75) is 27.2 Å². The van der Waals surface area contributed by atoms with Crippen LogP contribution in [0.3, 0.4) is 0 Å². The first-order valence-corrected chi connectivity index (χ1v) is 9.65. The average molecular weight is 353 g/mol. The van der Waals surface area contributed by atoms with Gasteiger partial charge < -0.3 is 4.90 Å². The van der Waals surface area contributed by atoms with Crippen LogP contribution in [0.1, 0.15) is 33.5 Å². The first-order chi connectivity index (χ1) is 12.1. The number of nitrogens with zero attached hydrogens (tertiary/aromatic N) is 2. The van der Waals surface area contributed by atoms with Gasteiger partial charge in [-0.1, -0.05) is 47.7 Å². The molecule has 2 aromatic carbocycles. The molecule has 3 nitrogen and oxygen atoms in total. The Kier molecular flexibility index (Phi) is 5.59. The molecule has 0 spiro atoms. The lowest BCUT2D eigenvalue weighted by Gasteiger charge is -2.27. The quantitative estimate of drug-likeness (QED) is 0.741. The molecule has 25 heavy (non-hydrogen) atoms. The molecule has 0 radical (unpaired) electrons. The lowest BCUT2D eigenvalue weighted by atomic mass is 10.00. The highest BCUT2D eigenvalue weighted by atomic mass is 32.2. The monoisotopic (exact) mass is 352 g/mol. The summed E-state index contributed by atoms with van der Waals surface area (Å²) >= 11 is 1.74. The third kappa shape index (κ3) is 4.13. The highest BCUT2D eigenvalue weighted by Gasteiger charge is 2.21. The van der Waals surface area contributed by atoms with Crippen molar-refractivity contribution in [3.05, 3.63) is 64.7 Å². The number of amidine groups is 1. The maximum absolute atomic E-state index is 13.0. The van der Waals surface area contributed by atoms with E-state index in [4.69, 9.17) is 0 Å². The molecular formula is C21H24N2OS. The zero-order valence-electron chi connectivity index (χ0n) is 15.1. The number of Topliss-reactive ketones (excluding diaryl/α,β-unsaturated/α-hetero) is 1. The van der Waals surface area contributed by atoms with Crippen LogP contribution in [0.4, 0.5) is 5.69 Å². The molecule has 0 amide bonds. The van der Waals surface area contributed by atoms with Crippen LogP contribution < -0.4 is 4.90 Å². The minimum absolute atomic E-state index is 0.135. The Labute approximate surface area is 154 Å². The number of ketones is 1. The summed E-state index contributed by atoms with van der Waals surface area (Å²) in [5.41, 5.74) is 5.26. The molecule has 4 heteroatoms. The second kappa shape index (κ2) is 7.87. The van der Waals surface area contributed by atoms with Crippen molar-refractivity contribution in [2.75, 3.05) is 23.7 Å². The summed E-state index contributed by atoms with van der Waals surface area (Å²) < 4.78 is 0. The van der Waals surface area contributed by atoms with Crippen molar-refractivity contribution in [1.82, 2.24) is 0 Å². The van der Waals surface area contributed by atoms with Gasteiger partial charge in [-0.3, -0.25) is 9.79 Å². The van der Waals surface area contributed by atoms with Gasteiger partial charge in [-0.2, -0.15) is 0 Å². The second-order valence-electron chi connectivity index (χ2n) is 6.46. The summed E-state index contributed by atoms with van der Waals surface area (Å²) in [6.45, 7) is 7.29. The molecule has 1 aliphatic heterocycles. The second-order valence-corrected chi connectivity index (χ2v) is 7.52. The first kappa shape index (κ1) is 17.7. The molecule has 0 N–H and O–H groups in total. The number of benzene rings is 2. The van der Waals surface area contributed by atoms with Gasteiger partial charge in [0, 0.05) is 23.5 Å². The highest BCUT2D eigenvalue weighted by molar-refractivity contribution is 8.14. The van der Waals surface area contributed by atoms with E-state index in [9.17, 15) is 4.79 Å². The van der Waals surface area contributed by atoms with E-state index in [1.165, 1.54) is 5.56 Å². The first-order valence-electron chi connectivity index (χ1n) is 8.67. The van der Waals surface area contributed by atoms with Crippen molar-refractivity contribution in [2.24, 2.45) is 4.99 Å². The third-order valence-corrected chi connectivity index (χ3v) is 5.66. The molecule has 0 aromatic heterocycles. The van der Waals surface area contributed by atoms with Gasteiger partial charge in [0.05, 0.1) is 6.54 Å². The number of carbonyl (C=O) groups is 1. The van der Waals surface area contributed by atoms with E-state index in [-0.39, 0.29) is 5.78 Å². The topological polar surface area (TPSA) is 32.7 Å². The Hall–Kier alpha value is -2.07. The standard InChI is InChI=1S/C21H24N2OS/c1-15-8-10-18(11-9-15)23(21-22-12-5-13-25-21)14-20(24)19-7-4-6-16(2)17(19)3/h4,6-11H,5,12-14H2,1-3H3. The lowest BCUT2D eigenvalue weighted by Crippen LogP contribution is -2.35. The van der Waals surface area contributed by atoms with Gasteiger partial charge in [-0.15, -0.1) is 0 Å². The van der Waals surface area contributed by atoms with Crippen LogP contribution in [0.2, 0.25) is 0 Å². The van der Waals surface area contributed by atoms with Crippen LogP contribution in [-0.4, -0.2) is 29.8 Å². The average Bonchev–Trinajstić information content (AvgIpc) is 2.63. The Balaban J connectivity index is 1.91. The number of hydrogen-bond donors (Lipinski definition) is 0. The van der Waals surface area contributed by atoms with E-state index in [1.807, 2.05) is 32.0 Å². The maximum Gasteiger partial charge on any atom is 0.182 e. The van der Waals surface area contributed by atoms with Gasteiger partial charge in [0.25, 0.3) is 0 Å². The number of rotatable bonds is 4. The molecule has 0 saturated heterocycles. The van der Waals surface area contributed by atoms with Crippen molar-refractivity contribution < 1.29 is 4.79 Å². The highest BCUT2D eigenvalue weighted by Crippen LogP contribution is 2.24. The molecular weight excluding hydrogens is 328 g/mol. The van der Waals surface area contributed by atoms with Gasteiger partial charge in [0.1, 0.15) is 0 Å². The summed E-state index contributed by atoms with van der Waals surface area (Å²) in [5.74, 6) is 1.19. The van der Waals surface area contributed by atoms with E-state index in [0.717, 1.165) is 46.3 Å². The number of carbonyl (C=O) groups excluding carboxylic acids is 1. The lowest BCUT2D eigenvalue weighted by molar-refractivity contribution is 0.100. The fraction of sp³-hybridized carbons (Fsp3) is 0.333. The summed E-state index contributed by atoms with van der Waals surface area (Å²) in [5, 5.41) is 0.953. The molecule has 0 fully saturated rings. The smallest absolute Gasteiger partial charge is 0.182 e. The molecule has 130 valence electrons. The van der Waals surface area contributed by atoms with Crippen LogP contribution in [0.5, 0.6) is 0 Å². The van der Waals surface area contributed by atoms with Gasteiger partial charge >= 0.3 is 0 Å². The number of aliphatic imine (C=N–C) groups is 1. The van der Waals surface area contributed by atoms with Gasteiger partial charge in [0.15, 0.2) is 11.0 Å². The van der Waals surface area contributed by atoms with E-state index >= 15 is 0 Å². The largest absolute Gasteiger partial charge is 0.313 e. The molecule has 0 aliphatic carbocycles. The molecule has 3 rings (SSSR count). The third-order valence-electron chi connectivity index (χ3n) is 4.56. The van der Waals surface area contributed by atoms with E-state index in [2.05, 4.69) is 41.1 Å². The van der Waals surface area contributed by atoms with Crippen molar-refractivity contribution >= 4 is 28.4 Å². The molecule has 0 saturated carbocycles. The zero-order valence-corrected chi connectivity index (χ0v) is 15.9. The number of hydrogen-bond acceptors (Lipinski definition) is 4. The van der Waals surface area contributed by atoms with Crippen LogP contribution in [0.25, 0.3) is 0 Å². The minimum Gasteiger partial charge on any atom is -0.313 e. The molecule has 0 atom stereocenters. The predicted octanol–water partition coefficient (Wildman–Crippen LogP) is 4.79. The van der Waals surface area contributed by atoms with Crippen molar-refractivity contribution in [1.29, 1.82) is 0 Å². The molecule has 1 heterocycles. The Morgan fingerprint density at radius 1 is 1.12 bits per heavy atom. The normalized spacial score (nSPS) is 14.1. The fourth-order valence-corrected chi connectivity index (χ4v) is 3.85. The van der Waals surface area contributed by atoms with Crippen LogP contribution in [0.15, 0.2) is 47.5 Å². The summed E-state index contributed by atoms with van der Waals surface area (Å²) in [6.07, 6.45) is 1.10. The van der Waals surface area contributed by atoms with Crippen LogP contribution in [0, 0.1) is 20.8 Å². The summed E-state index contributed by atoms with van der Waals surface area (Å²) in [7, 11) is 0. The van der Waals surface area contributed by atoms with Gasteiger partial charge in [-0.05, 0) is 50.5 Å². The SMILES string of the molecule is Cc1ccc(N(CC(=O)c2cccc(C)c2C)C2=NCCCS2)cc1. The molecule has 0 bridgehead atoms. The number of anilines is 1. The minimum atomic E-state index is 0.135. The summed E-state index contributed by atoms with van der Waals surface area (Å²) in [6, 6.07) is 14.2. The number of aryl methyl sites for hydroxylation is 2. The van der Waals surface area contributed by atoms with E-state index < -0.39 is 0 Å².